The van der Waals surface area contributed by atoms with Crippen molar-refractivity contribution in [2.75, 3.05) is 44.1 Å². The third-order valence-electron chi connectivity index (χ3n) is 12.0. The molecule has 1 spiro atoms. The first-order chi connectivity index (χ1) is 24.4. The number of rotatable bonds is 4. The van der Waals surface area contributed by atoms with Gasteiger partial charge in [-0.1, -0.05) is 43.7 Å². The van der Waals surface area contributed by atoms with Gasteiger partial charge < -0.3 is 24.8 Å². The number of halogens is 1. The summed E-state index contributed by atoms with van der Waals surface area (Å²) < 4.78 is 34.0. The summed E-state index contributed by atoms with van der Waals surface area (Å²) in [5, 5.41) is 13.2. The lowest BCUT2D eigenvalue weighted by atomic mass is 9.67. The third kappa shape index (κ3) is 7.54. The quantitative estimate of drug-likeness (QED) is 0.308. The number of aliphatic hydroxyl groups is 1. The summed E-state index contributed by atoms with van der Waals surface area (Å²) in [6, 6.07) is 10.8. The minimum Gasteiger partial charge on any atom is -0.490 e. The second-order valence-electron chi connectivity index (χ2n) is 16.1. The Bertz CT molecular complexity index is 1820. The van der Waals surface area contributed by atoms with Gasteiger partial charge in [0.25, 0.3) is 5.91 Å². The number of urea groups is 1. The molecule has 2 aliphatic heterocycles. The maximum Gasteiger partial charge on any atom is 0.327 e. The minimum atomic E-state index is -3.51. The van der Waals surface area contributed by atoms with Crippen LogP contribution in [0.1, 0.15) is 80.3 Å². The molecule has 2 aromatic carbocycles. The van der Waals surface area contributed by atoms with Crippen molar-refractivity contribution in [1.82, 2.24) is 10.0 Å². The molecule has 12 heteroatoms. The number of aliphatic hydroxyl groups excluding tert-OH is 1. The van der Waals surface area contributed by atoms with E-state index in [9.17, 15) is 18.9 Å². The molecule has 2 aromatic rings. The number of benzene rings is 2. The Morgan fingerprint density at radius 2 is 2.04 bits per heavy atom. The Balaban J connectivity index is 1.25. The lowest BCUT2D eigenvalue weighted by molar-refractivity contribution is 0.0131. The number of carbonyl (C=O) groups excluding carboxylic acids is 2. The number of carbonyl (C=O) groups is 2. The summed E-state index contributed by atoms with van der Waals surface area (Å²) in [5.74, 6) is 0.640. The van der Waals surface area contributed by atoms with Crippen LogP contribution in [0.4, 0.5) is 10.5 Å². The SMILES string of the molecule is CO[C@H]1/C=C/C[C@H](C)C[S@@](=O)(NC(=O)N[C@H]2C[C@@](C)(CO)C2)=NC(=O)c2ccc3c(c2)N(C[C@@H]2CC[C@H]21)C[C@@]1(CCCc2cc(Cl)ccc21)CO3. The number of fused-ring (bicyclic) bond motifs is 4. The Hall–Kier alpha value is -3.12. The minimum absolute atomic E-state index is 0.00530. The van der Waals surface area contributed by atoms with Crippen LogP contribution in [0, 0.1) is 23.2 Å². The summed E-state index contributed by atoms with van der Waals surface area (Å²) >= 11 is 6.45. The molecule has 276 valence electrons. The maximum absolute atomic E-state index is 14.4. The number of nitrogens with one attached hydrogen (secondary N) is 2. The Morgan fingerprint density at radius 3 is 2.78 bits per heavy atom. The van der Waals surface area contributed by atoms with Crippen LogP contribution in [-0.4, -0.2) is 72.6 Å². The highest BCUT2D eigenvalue weighted by atomic mass is 35.5. The molecule has 0 unspecified atom stereocenters. The molecule has 0 saturated heterocycles. The number of aryl methyl sites for hydroxylation is 1. The van der Waals surface area contributed by atoms with Gasteiger partial charge in [0.05, 0.1) is 24.2 Å². The van der Waals surface area contributed by atoms with Crippen LogP contribution < -0.4 is 19.7 Å². The predicted molar refractivity (Wildman–Crippen MR) is 200 cm³/mol. The number of hydrogen-bond donors (Lipinski definition) is 3. The van der Waals surface area contributed by atoms with Gasteiger partial charge >= 0.3 is 6.03 Å². The van der Waals surface area contributed by atoms with Gasteiger partial charge in [-0.2, -0.15) is 0 Å². The Kier molecular flexibility index (Phi) is 10.2. The molecule has 3 N–H and O–H groups in total. The average Bonchev–Trinajstić information content (AvgIpc) is 3.21. The van der Waals surface area contributed by atoms with Crippen LogP contribution in [-0.2, 0) is 26.5 Å². The highest BCUT2D eigenvalue weighted by molar-refractivity contribution is 7.92. The van der Waals surface area contributed by atoms with Crippen molar-refractivity contribution in [1.29, 1.82) is 0 Å². The molecule has 0 radical (unpaired) electrons. The first kappa shape index (κ1) is 36.2. The lowest BCUT2D eigenvalue weighted by Gasteiger charge is -2.46. The van der Waals surface area contributed by atoms with Crippen LogP contribution in [0.5, 0.6) is 5.75 Å². The van der Waals surface area contributed by atoms with E-state index in [1.807, 2.05) is 32.0 Å². The van der Waals surface area contributed by atoms with Gasteiger partial charge in [-0.15, -0.1) is 4.36 Å². The van der Waals surface area contributed by atoms with Crippen molar-refractivity contribution >= 4 is 39.1 Å². The third-order valence-corrected chi connectivity index (χ3v) is 14.2. The van der Waals surface area contributed by atoms with Gasteiger partial charge in [0.1, 0.15) is 15.7 Å². The van der Waals surface area contributed by atoms with Crippen LogP contribution in [0.2, 0.25) is 5.02 Å². The molecule has 5 aliphatic rings. The number of allylic oxidation sites excluding steroid dienone is 1. The van der Waals surface area contributed by atoms with Crippen LogP contribution in [0.3, 0.4) is 0 Å². The van der Waals surface area contributed by atoms with Crippen molar-refractivity contribution in [2.24, 2.45) is 27.5 Å². The summed E-state index contributed by atoms with van der Waals surface area (Å²) in [5.41, 5.74) is 3.15. The fraction of sp³-hybridized carbons (Fsp3) is 0.590. The van der Waals surface area contributed by atoms with Crippen LogP contribution >= 0.6 is 11.6 Å². The van der Waals surface area contributed by atoms with E-state index < -0.39 is 21.9 Å². The van der Waals surface area contributed by atoms with Gasteiger partial charge in [0.15, 0.2) is 0 Å². The molecule has 7 rings (SSSR count). The standard InChI is InChI=1S/C39H51ClN4O6S/c1-25-6-4-8-34(49-3)31-12-9-28(31)20-44-22-39(15-5-7-26-16-29(40)11-13-32(26)39)24-50-35-14-10-27(17-33(35)44)36(46)42-51(48,21-25)43-37(47)41-30-18-38(2,19-30)23-45/h4,8,10-11,13-14,16-17,25,28,30-31,34,45H,5-7,9,12,15,18-24H2,1-3H3,(H2,41,42,43,46,47,48)/b8-4+/t25-,28-,30-,31+,34-,38+,39-,51-/m0/s1. The Labute approximate surface area is 307 Å². The summed E-state index contributed by atoms with van der Waals surface area (Å²) in [7, 11) is -1.75. The molecule has 3 amide bonds. The molecular formula is C39H51ClN4O6S. The first-order valence-corrected chi connectivity index (χ1v) is 20.5. The van der Waals surface area contributed by atoms with E-state index in [2.05, 4.69) is 43.6 Å². The Morgan fingerprint density at radius 1 is 1.22 bits per heavy atom. The van der Waals surface area contributed by atoms with E-state index in [1.165, 1.54) is 11.1 Å². The topological polar surface area (TPSA) is 130 Å². The van der Waals surface area contributed by atoms with Crippen molar-refractivity contribution in [2.45, 2.75) is 82.8 Å². The monoisotopic (exact) mass is 738 g/mol. The summed E-state index contributed by atoms with van der Waals surface area (Å²) in [4.78, 5) is 29.5. The van der Waals surface area contributed by atoms with Crippen molar-refractivity contribution in [3.8, 4) is 5.75 Å². The number of methoxy groups -OCH3 is 1. The van der Waals surface area contributed by atoms with Crippen molar-refractivity contribution < 1.29 is 28.4 Å². The lowest BCUT2D eigenvalue weighted by Crippen LogP contribution is -2.54. The molecule has 6 atom stereocenters. The first-order valence-electron chi connectivity index (χ1n) is 18.4. The fourth-order valence-corrected chi connectivity index (χ4v) is 11.1. The zero-order valence-electron chi connectivity index (χ0n) is 29.9. The molecule has 3 aliphatic carbocycles. The zero-order chi connectivity index (χ0) is 36.0. The molecule has 0 aromatic heterocycles. The number of nitrogens with zero attached hydrogens (tertiary/aromatic N) is 2. The predicted octanol–water partition coefficient (Wildman–Crippen LogP) is 6.43. The molecule has 2 heterocycles. The number of ether oxygens (including phenoxy) is 2. The van der Waals surface area contributed by atoms with E-state index in [-0.39, 0.29) is 41.3 Å². The molecule has 2 bridgehead atoms. The van der Waals surface area contributed by atoms with Gasteiger partial charge in [-0.25, -0.2) is 9.00 Å². The summed E-state index contributed by atoms with van der Waals surface area (Å²) in [6.45, 7) is 5.94. The normalized spacial score (nSPS) is 35.4. The smallest absolute Gasteiger partial charge is 0.327 e. The highest BCUT2D eigenvalue weighted by Crippen LogP contribution is 2.47. The van der Waals surface area contributed by atoms with Crippen LogP contribution in [0.25, 0.3) is 0 Å². The van der Waals surface area contributed by atoms with E-state index in [0.29, 0.717) is 55.6 Å². The fourth-order valence-electron chi connectivity index (χ4n) is 9.09. The zero-order valence-corrected chi connectivity index (χ0v) is 31.4. The van der Waals surface area contributed by atoms with Crippen LogP contribution in [0.15, 0.2) is 52.9 Å². The molecule has 2 saturated carbocycles. The van der Waals surface area contributed by atoms with Gasteiger partial charge in [-0.3, -0.25) is 9.52 Å². The molecule has 2 fully saturated rings. The van der Waals surface area contributed by atoms with E-state index in [0.717, 1.165) is 49.4 Å². The van der Waals surface area contributed by atoms with Crippen molar-refractivity contribution in [3.05, 3.63) is 70.3 Å². The molecule has 10 nitrogen and oxygen atoms in total. The van der Waals surface area contributed by atoms with E-state index in [1.54, 1.807) is 13.2 Å². The average molecular weight is 739 g/mol. The highest BCUT2D eigenvalue weighted by Gasteiger charge is 2.45. The molecule has 51 heavy (non-hydrogen) atoms. The van der Waals surface area contributed by atoms with Gasteiger partial charge in [0.2, 0.25) is 0 Å². The number of amides is 3. The number of anilines is 1. The van der Waals surface area contributed by atoms with E-state index in [4.69, 9.17) is 21.1 Å². The van der Waals surface area contributed by atoms with E-state index >= 15 is 0 Å². The second-order valence-corrected chi connectivity index (χ2v) is 18.5. The maximum atomic E-state index is 14.4. The number of hydrogen-bond acceptors (Lipinski definition) is 7. The largest absolute Gasteiger partial charge is 0.490 e. The van der Waals surface area contributed by atoms with Gasteiger partial charge in [-0.05, 0) is 116 Å². The molecular weight excluding hydrogens is 688 g/mol. The van der Waals surface area contributed by atoms with Crippen molar-refractivity contribution in [3.63, 3.8) is 0 Å². The second kappa shape index (κ2) is 14.4. The summed E-state index contributed by atoms with van der Waals surface area (Å²) in [6.07, 6.45) is 11.1. The van der Waals surface area contributed by atoms with Gasteiger partial charge in [0, 0.05) is 48.8 Å².